The average Bonchev–Trinajstić information content (AvgIpc) is 2.56. The van der Waals surface area contributed by atoms with E-state index < -0.39 is 4.92 Å². The van der Waals surface area contributed by atoms with Gasteiger partial charge in [0.2, 0.25) is 0 Å². The molecule has 7 nitrogen and oxygen atoms in total. The minimum atomic E-state index is -0.569. The van der Waals surface area contributed by atoms with Gasteiger partial charge in [-0.3, -0.25) is 4.79 Å². The van der Waals surface area contributed by atoms with Crippen LogP contribution in [0.3, 0.4) is 0 Å². The Morgan fingerprint density at radius 3 is 3.06 bits per heavy atom. The van der Waals surface area contributed by atoms with Crippen LogP contribution in [0.25, 0.3) is 0 Å². The summed E-state index contributed by atoms with van der Waals surface area (Å²) in [7, 11) is 0. The predicted molar refractivity (Wildman–Crippen MR) is 56.8 cm³/mol. The van der Waals surface area contributed by atoms with Crippen molar-refractivity contribution >= 4 is 11.7 Å². The van der Waals surface area contributed by atoms with Crippen molar-refractivity contribution in [3.05, 3.63) is 34.5 Å². The van der Waals surface area contributed by atoms with Crippen LogP contribution >= 0.6 is 0 Å². The van der Waals surface area contributed by atoms with E-state index in [-0.39, 0.29) is 18.3 Å². The van der Waals surface area contributed by atoms with Gasteiger partial charge in [0.15, 0.2) is 6.54 Å². The lowest BCUT2D eigenvalue weighted by molar-refractivity contribution is -0.392. The number of aromatic nitrogens is 2. The van der Waals surface area contributed by atoms with Crippen LogP contribution in [0.1, 0.15) is 5.69 Å². The molecule has 86 valence electrons. The van der Waals surface area contributed by atoms with E-state index in [2.05, 4.69) is 17.0 Å². The third-order valence-electron chi connectivity index (χ3n) is 1.80. The number of nitro groups is 1. The summed E-state index contributed by atoms with van der Waals surface area (Å²) in [6.07, 6.45) is 1.53. The normalized spacial score (nSPS) is 9.81. The van der Waals surface area contributed by atoms with Crippen molar-refractivity contribution in [2.45, 2.75) is 13.5 Å². The van der Waals surface area contributed by atoms with E-state index in [0.29, 0.717) is 12.2 Å². The number of nitrogens with zero attached hydrogens (tertiary/aromatic N) is 3. The van der Waals surface area contributed by atoms with Crippen LogP contribution in [-0.4, -0.2) is 27.2 Å². The molecule has 0 aliphatic carbocycles. The summed E-state index contributed by atoms with van der Waals surface area (Å²) in [5, 5.41) is 17.0. The number of aryl methyl sites for hydroxylation is 1. The van der Waals surface area contributed by atoms with Gasteiger partial charge in [0.25, 0.3) is 5.91 Å². The Balaban J connectivity index is 2.76. The molecule has 0 radical (unpaired) electrons. The maximum Gasteiger partial charge on any atom is 0.345 e. The van der Waals surface area contributed by atoms with Crippen LogP contribution in [0.4, 0.5) is 5.82 Å². The SMILES string of the molecule is C=CCNC(=O)Cn1nc(C)cc1[N+](=O)[O-]. The van der Waals surface area contributed by atoms with Gasteiger partial charge < -0.3 is 15.4 Å². The highest BCUT2D eigenvalue weighted by Gasteiger charge is 2.18. The number of nitrogens with one attached hydrogen (secondary N) is 1. The van der Waals surface area contributed by atoms with Crippen molar-refractivity contribution in [3.8, 4) is 0 Å². The molecule has 0 aromatic carbocycles. The Morgan fingerprint density at radius 2 is 2.50 bits per heavy atom. The van der Waals surface area contributed by atoms with E-state index in [1.807, 2.05) is 0 Å². The third-order valence-corrected chi connectivity index (χ3v) is 1.80. The van der Waals surface area contributed by atoms with Crippen molar-refractivity contribution in [2.75, 3.05) is 6.54 Å². The van der Waals surface area contributed by atoms with E-state index in [9.17, 15) is 14.9 Å². The van der Waals surface area contributed by atoms with Crippen LogP contribution < -0.4 is 5.32 Å². The molecule has 0 atom stereocenters. The molecule has 0 aliphatic rings. The molecular formula is C9H12N4O3. The number of hydrogen-bond donors (Lipinski definition) is 1. The molecule has 1 amide bonds. The average molecular weight is 224 g/mol. The zero-order valence-electron chi connectivity index (χ0n) is 8.84. The Morgan fingerprint density at radius 1 is 1.81 bits per heavy atom. The lowest BCUT2D eigenvalue weighted by Gasteiger charge is -2.00. The number of carbonyl (C=O) groups excluding carboxylic acids is 1. The molecule has 0 fully saturated rings. The van der Waals surface area contributed by atoms with Gasteiger partial charge in [-0.25, -0.2) is 0 Å². The van der Waals surface area contributed by atoms with Crippen molar-refractivity contribution in [3.63, 3.8) is 0 Å². The van der Waals surface area contributed by atoms with Crippen LogP contribution in [0, 0.1) is 17.0 Å². The first-order valence-corrected chi connectivity index (χ1v) is 4.61. The fourth-order valence-electron chi connectivity index (χ4n) is 1.17. The molecule has 1 aromatic rings. The summed E-state index contributed by atoms with van der Waals surface area (Å²) < 4.78 is 1.06. The molecule has 0 aliphatic heterocycles. The van der Waals surface area contributed by atoms with E-state index in [1.54, 1.807) is 6.92 Å². The number of amides is 1. The Hall–Kier alpha value is -2.18. The fraction of sp³-hybridized carbons (Fsp3) is 0.333. The second-order valence-electron chi connectivity index (χ2n) is 3.15. The molecule has 0 unspecified atom stereocenters. The maximum atomic E-state index is 11.3. The number of hydrogen-bond acceptors (Lipinski definition) is 4. The third kappa shape index (κ3) is 2.91. The lowest BCUT2D eigenvalue weighted by Crippen LogP contribution is -2.28. The van der Waals surface area contributed by atoms with Crippen LogP contribution in [0.5, 0.6) is 0 Å². The summed E-state index contributed by atoms with van der Waals surface area (Å²) in [5.41, 5.74) is 0.503. The van der Waals surface area contributed by atoms with Crippen molar-refractivity contribution in [1.29, 1.82) is 0 Å². The highest BCUT2D eigenvalue weighted by molar-refractivity contribution is 5.76. The monoisotopic (exact) mass is 224 g/mol. The van der Waals surface area contributed by atoms with Crippen molar-refractivity contribution in [1.82, 2.24) is 15.1 Å². The van der Waals surface area contributed by atoms with E-state index in [1.165, 1.54) is 12.1 Å². The minimum absolute atomic E-state index is 0.169. The van der Waals surface area contributed by atoms with Gasteiger partial charge in [0.05, 0.1) is 11.8 Å². The lowest BCUT2D eigenvalue weighted by atomic mass is 10.5. The molecule has 16 heavy (non-hydrogen) atoms. The quantitative estimate of drug-likeness (QED) is 0.445. The van der Waals surface area contributed by atoms with Gasteiger partial charge in [0, 0.05) is 6.54 Å². The predicted octanol–water partition coefficient (Wildman–Crippen LogP) is 0.402. The van der Waals surface area contributed by atoms with Gasteiger partial charge in [-0.15, -0.1) is 11.3 Å². The first-order chi connectivity index (χ1) is 7.54. The maximum absolute atomic E-state index is 11.3. The van der Waals surface area contributed by atoms with Crippen LogP contribution in [0.15, 0.2) is 18.7 Å². The Kier molecular flexibility index (Phi) is 3.76. The van der Waals surface area contributed by atoms with Crippen LogP contribution in [0.2, 0.25) is 0 Å². The summed E-state index contributed by atoms with van der Waals surface area (Å²) in [4.78, 5) is 21.4. The molecule has 0 saturated heterocycles. The van der Waals surface area contributed by atoms with E-state index >= 15 is 0 Å². The van der Waals surface area contributed by atoms with Gasteiger partial charge in [-0.05, 0) is 11.8 Å². The first kappa shape index (κ1) is 11.9. The van der Waals surface area contributed by atoms with Crippen LogP contribution in [-0.2, 0) is 11.3 Å². The zero-order valence-corrected chi connectivity index (χ0v) is 8.84. The van der Waals surface area contributed by atoms with Gasteiger partial charge in [-0.1, -0.05) is 11.2 Å². The number of rotatable bonds is 5. The molecule has 1 aromatic heterocycles. The molecule has 1 heterocycles. The van der Waals surface area contributed by atoms with Crippen molar-refractivity contribution < 1.29 is 9.72 Å². The largest absolute Gasteiger partial charge is 0.358 e. The van der Waals surface area contributed by atoms with Crippen molar-refractivity contribution in [2.24, 2.45) is 0 Å². The molecule has 1 rings (SSSR count). The molecule has 0 saturated carbocycles. The van der Waals surface area contributed by atoms with Gasteiger partial charge >= 0.3 is 5.82 Å². The second-order valence-corrected chi connectivity index (χ2v) is 3.15. The second kappa shape index (κ2) is 5.06. The molecule has 0 bridgehead atoms. The fourth-order valence-corrected chi connectivity index (χ4v) is 1.17. The topological polar surface area (TPSA) is 90.1 Å². The Labute approximate surface area is 91.9 Å². The molecular weight excluding hydrogens is 212 g/mol. The van der Waals surface area contributed by atoms with E-state index in [0.717, 1.165) is 4.68 Å². The van der Waals surface area contributed by atoms with Gasteiger partial charge in [-0.2, -0.15) is 0 Å². The van der Waals surface area contributed by atoms with E-state index in [4.69, 9.17) is 0 Å². The summed E-state index contributed by atoms with van der Waals surface area (Å²) >= 11 is 0. The smallest absolute Gasteiger partial charge is 0.345 e. The Bertz CT molecular complexity index is 424. The zero-order chi connectivity index (χ0) is 12.1. The molecule has 0 spiro atoms. The summed E-state index contributed by atoms with van der Waals surface area (Å²) in [6, 6.07) is 1.32. The van der Waals surface area contributed by atoms with Gasteiger partial charge in [0.1, 0.15) is 0 Å². The summed E-state index contributed by atoms with van der Waals surface area (Å²) in [5.74, 6) is -0.530. The molecule has 1 N–H and O–H groups in total. The standard InChI is InChI=1S/C9H12N4O3/c1-3-4-10-8(14)6-12-9(13(15)16)5-7(2)11-12/h3,5H,1,4,6H2,2H3,(H,10,14). The molecule has 7 heteroatoms. The highest BCUT2D eigenvalue weighted by Crippen LogP contribution is 2.12. The minimum Gasteiger partial charge on any atom is -0.358 e. The number of carbonyl (C=O) groups is 1. The first-order valence-electron chi connectivity index (χ1n) is 4.61. The highest BCUT2D eigenvalue weighted by atomic mass is 16.6. The summed E-state index contributed by atoms with van der Waals surface area (Å²) in [6.45, 7) is 5.23.